The number of fused-ring (bicyclic) bond motifs is 1. The third-order valence-corrected chi connectivity index (χ3v) is 10.1. The highest BCUT2D eigenvalue weighted by Gasteiger charge is 2.24. The zero-order chi connectivity index (χ0) is 24.1. The lowest BCUT2D eigenvalue weighted by atomic mass is 9.98. The van der Waals surface area contributed by atoms with Crippen LogP contribution in [0.2, 0.25) is 0 Å². The number of aromatic nitrogens is 2. The van der Waals surface area contributed by atoms with E-state index in [1.165, 1.54) is 61.4 Å². The van der Waals surface area contributed by atoms with Gasteiger partial charge >= 0.3 is 0 Å². The average molecular weight is 645 g/mol. The molecule has 0 saturated heterocycles. The van der Waals surface area contributed by atoms with Crippen molar-refractivity contribution >= 4 is 77.3 Å². The summed E-state index contributed by atoms with van der Waals surface area (Å²) in [7, 11) is 0. The van der Waals surface area contributed by atoms with Gasteiger partial charge in [0.2, 0.25) is 0 Å². The largest absolute Gasteiger partial charge is 0.206 e. The highest BCUT2D eigenvalue weighted by atomic mass is 79.9. The first-order valence-electron chi connectivity index (χ1n) is 12.0. The molecule has 8 heteroatoms. The fourth-order valence-electron chi connectivity index (χ4n) is 4.38. The predicted octanol–water partition coefficient (Wildman–Crippen LogP) is 11.1. The summed E-state index contributed by atoms with van der Waals surface area (Å²) in [5.41, 5.74) is 5.44. The number of nitrogens with zero attached hydrogens (tertiary/aromatic N) is 2. The Balaban J connectivity index is 1.73. The molecule has 0 aliphatic rings. The molecule has 4 aromatic rings. The Kier molecular flexibility index (Phi) is 9.73. The van der Waals surface area contributed by atoms with Crippen molar-refractivity contribution in [1.29, 1.82) is 0 Å². The normalized spacial score (nSPS) is 11.7. The molecule has 0 aliphatic heterocycles. The van der Waals surface area contributed by atoms with Crippen LogP contribution >= 0.6 is 66.3 Å². The number of hydrogen-bond donors (Lipinski definition) is 0. The van der Waals surface area contributed by atoms with Gasteiger partial charge in [-0.2, -0.15) is 8.75 Å². The van der Waals surface area contributed by atoms with Gasteiger partial charge in [-0.3, -0.25) is 0 Å². The monoisotopic (exact) mass is 642 g/mol. The van der Waals surface area contributed by atoms with E-state index in [1.807, 2.05) is 0 Å². The van der Waals surface area contributed by atoms with Crippen LogP contribution in [0, 0.1) is 5.82 Å². The maximum absolute atomic E-state index is 15.9. The molecule has 0 radical (unpaired) electrons. The minimum absolute atomic E-state index is 0.208. The Labute approximate surface area is 230 Å². The molecule has 0 aliphatic carbocycles. The number of hydrogen-bond acceptors (Lipinski definition) is 5. The molecule has 4 rings (SSSR count). The van der Waals surface area contributed by atoms with Crippen LogP contribution in [0.1, 0.15) is 76.3 Å². The van der Waals surface area contributed by atoms with Gasteiger partial charge < -0.3 is 0 Å². The first-order chi connectivity index (χ1) is 16.5. The molecule has 1 aromatic carbocycles. The summed E-state index contributed by atoms with van der Waals surface area (Å²) in [4.78, 5) is 2.09. The summed E-state index contributed by atoms with van der Waals surface area (Å²) in [5, 5.41) is 0. The summed E-state index contributed by atoms with van der Waals surface area (Å²) in [6, 6.07) is 6.03. The second kappa shape index (κ2) is 12.5. The maximum atomic E-state index is 15.9. The Morgan fingerprint density at radius 3 is 1.91 bits per heavy atom. The van der Waals surface area contributed by atoms with Gasteiger partial charge in [0.1, 0.15) is 16.9 Å². The summed E-state index contributed by atoms with van der Waals surface area (Å²) < 4.78 is 27.2. The van der Waals surface area contributed by atoms with E-state index in [4.69, 9.17) is 0 Å². The van der Waals surface area contributed by atoms with Gasteiger partial charge in [-0.25, -0.2) is 4.39 Å². The van der Waals surface area contributed by atoms with Crippen molar-refractivity contribution in [2.75, 3.05) is 0 Å². The summed E-state index contributed by atoms with van der Waals surface area (Å²) in [6.45, 7) is 4.45. The third kappa shape index (κ3) is 6.00. The molecule has 0 N–H and O–H groups in total. The van der Waals surface area contributed by atoms with Crippen molar-refractivity contribution in [2.24, 2.45) is 0 Å². The summed E-state index contributed by atoms with van der Waals surface area (Å²) in [6.07, 6.45) is 11.6. The van der Waals surface area contributed by atoms with E-state index in [-0.39, 0.29) is 5.82 Å². The highest BCUT2D eigenvalue weighted by molar-refractivity contribution is 9.11. The molecular formula is C26H29Br2FN2S3. The fourth-order valence-corrected chi connectivity index (χ4v) is 8.41. The molecule has 0 amide bonds. The van der Waals surface area contributed by atoms with Crippen molar-refractivity contribution in [2.45, 2.75) is 78.1 Å². The van der Waals surface area contributed by atoms with Gasteiger partial charge in [0.25, 0.3) is 0 Å². The number of aryl methyl sites for hydroxylation is 2. The summed E-state index contributed by atoms with van der Waals surface area (Å²) in [5.74, 6) is -0.208. The Hall–Kier alpha value is -0.670. The lowest BCUT2D eigenvalue weighted by Crippen LogP contribution is -1.94. The number of unbranched alkanes of at least 4 members (excludes halogenated alkanes) is 6. The van der Waals surface area contributed by atoms with Crippen molar-refractivity contribution in [3.63, 3.8) is 0 Å². The second-order valence-corrected chi connectivity index (χ2v) is 14.1. The summed E-state index contributed by atoms with van der Waals surface area (Å²) >= 11 is 11.7. The van der Waals surface area contributed by atoms with Gasteiger partial charge in [-0.1, -0.05) is 52.4 Å². The van der Waals surface area contributed by atoms with Crippen LogP contribution < -0.4 is 0 Å². The molecule has 3 aromatic heterocycles. The molecule has 182 valence electrons. The fraction of sp³-hybridized carbons (Fsp3) is 0.462. The Morgan fingerprint density at radius 1 is 0.735 bits per heavy atom. The van der Waals surface area contributed by atoms with Crippen LogP contribution in [-0.2, 0) is 12.8 Å². The minimum atomic E-state index is -0.208. The second-order valence-electron chi connectivity index (χ2n) is 8.67. The number of halogens is 3. The molecule has 34 heavy (non-hydrogen) atoms. The van der Waals surface area contributed by atoms with E-state index < -0.39 is 0 Å². The van der Waals surface area contributed by atoms with E-state index in [0.29, 0.717) is 11.1 Å². The topological polar surface area (TPSA) is 25.8 Å². The van der Waals surface area contributed by atoms with Crippen molar-refractivity contribution in [1.82, 2.24) is 8.75 Å². The van der Waals surface area contributed by atoms with E-state index >= 15 is 4.39 Å². The zero-order valence-electron chi connectivity index (χ0n) is 19.6. The lowest BCUT2D eigenvalue weighted by Gasteiger charge is -2.10. The molecule has 0 atom stereocenters. The highest BCUT2D eigenvalue weighted by Crippen LogP contribution is 2.45. The number of benzene rings is 1. The van der Waals surface area contributed by atoms with Gasteiger partial charge in [-0.15, -0.1) is 22.7 Å². The van der Waals surface area contributed by atoms with Crippen LogP contribution in [0.3, 0.4) is 0 Å². The van der Waals surface area contributed by atoms with Gasteiger partial charge in [0, 0.05) is 15.3 Å². The van der Waals surface area contributed by atoms with E-state index in [0.717, 1.165) is 54.1 Å². The van der Waals surface area contributed by atoms with E-state index in [2.05, 4.69) is 66.6 Å². The average Bonchev–Trinajstić information content (AvgIpc) is 3.52. The molecule has 0 saturated carbocycles. The molecule has 0 bridgehead atoms. The number of thiophene rings is 2. The van der Waals surface area contributed by atoms with E-state index in [9.17, 15) is 0 Å². The zero-order valence-corrected chi connectivity index (χ0v) is 25.2. The van der Waals surface area contributed by atoms with Crippen molar-refractivity contribution < 1.29 is 4.39 Å². The molecule has 0 fully saturated rings. The SMILES string of the molecule is CCCCCCc1cc(Br)sc1-c1cc(F)c(-c2sc(Br)cc2CCCCCC)c2nsnc12. The first kappa shape index (κ1) is 26.4. The van der Waals surface area contributed by atoms with Crippen LogP contribution in [0.4, 0.5) is 4.39 Å². The quantitative estimate of drug-likeness (QED) is 0.144. The van der Waals surface area contributed by atoms with Crippen LogP contribution in [0.15, 0.2) is 25.8 Å². The van der Waals surface area contributed by atoms with Gasteiger partial charge in [-0.05, 0) is 86.9 Å². The Morgan fingerprint density at radius 2 is 1.29 bits per heavy atom. The van der Waals surface area contributed by atoms with E-state index in [1.54, 1.807) is 28.7 Å². The first-order valence-corrected chi connectivity index (χ1v) is 16.0. The smallest absolute Gasteiger partial charge is 0.134 e. The number of rotatable bonds is 12. The molecular weight excluding hydrogens is 615 g/mol. The van der Waals surface area contributed by atoms with Crippen LogP contribution in [0.25, 0.3) is 31.9 Å². The molecule has 0 spiro atoms. The minimum Gasteiger partial charge on any atom is -0.206 e. The molecule has 2 nitrogen and oxygen atoms in total. The lowest BCUT2D eigenvalue weighted by molar-refractivity contribution is 0.633. The standard InChI is InChI=1S/C26H29Br2FN2S3/c1-3-5-7-9-11-16-13-20(27)32-25(16)18-15-19(29)22(24-23(18)30-34-31-24)26-17(14-21(28)33-26)12-10-8-6-4-2/h13-15H,3-12H2,1-2H3. The van der Waals surface area contributed by atoms with Gasteiger partial charge in [0.15, 0.2) is 0 Å². The van der Waals surface area contributed by atoms with Crippen molar-refractivity contribution in [3.8, 4) is 20.9 Å². The molecule has 3 heterocycles. The van der Waals surface area contributed by atoms with Crippen LogP contribution in [-0.4, -0.2) is 8.75 Å². The van der Waals surface area contributed by atoms with Crippen LogP contribution in [0.5, 0.6) is 0 Å². The van der Waals surface area contributed by atoms with Gasteiger partial charge in [0.05, 0.1) is 24.9 Å². The maximum Gasteiger partial charge on any atom is 0.134 e. The third-order valence-electron chi connectivity index (χ3n) is 6.12. The Bertz CT molecular complexity index is 1240. The predicted molar refractivity (Wildman–Crippen MR) is 155 cm³/mol. The molecule has 0 unspecified atom stereocenters. The van der Waals surface area contributed by atoms with Crippen molar-refractivity contribution in [3.05, 3.63) is 42.7 Å².